The van der Waals surface area contributed by atoms with Crippen molar-refractivity contribution in [1.82, 2.24) is 0 Å². The van der Waals surface area contributed by atoms with Gasteiger partial charge >= 0.3 is 0 Å². The number of fused-ring (bicyclic) bond motifs is 9. The number of rotatable bonds is 4. The van der Waals surface area contributed by atoms with Crippen LogP contribution >= 0.6 is 11.3 Å². The Morgan fingerprint density at radius 1 is 0.469 bits per heavy atom. The summed E-state index contributed by atoms with van der Waals surface area (Å²) in [5, 5.41) is 7.76. The van der Waals surface area contributed by atoms with Crippen LogP contribution in [-0.2, 0) is 5.41 Å². The van der Waals surface area contributed by atoms with Crippen LogP contribution in [0.4, 0.5) is 17.1 Å². The van der Waals surface area contributed by atoms with Gasteiger partial charge in [0.15, 0.2) is 0 Å². The lowest BCUT2D eigenvalue weighted by Crippen LogP contribution is -2.16. The molecule has 0 fully saturated rings. The molecule has 0 atom stereocenters. The Hall–Kier alpha value is -5.70. The van der Waals surface area contributed by atoms with Crippen molar-refractivity contribution in [1.29, 1.82) is 0 Å². The number of thiophene rings is 1. The highest BCUT2D eigenvalue weighted by molar-refractivity contribution is 7.25. The predicted octanol–water partition coefficient (Wildman–Crippen LogP) is 13.8. The van der Waals surface area contributed by atoms with Crippen molar-refractivity contribution in [3.05, 3.63) is 175 Å². The molecule has 1 aliphatic rings. The van der Waals surface area contributed by atoms with Gasteiger partial charge in [-0.15, -0.1) is 11.3 Å². The van der Waals surface area contributed by atoms with E-state index in [0.29, 0.717) is 0 Å². The van der Waals surface area contributed by atoms with E-state index in [1.54, 1.807) is 0 Å². The molecule has 0 N–H and O–H groups in total. The third kappa shape index (κ3) is 4.24. The summed E-state index contributed by atoms with van der Waals surface area (Å²) >= 11 is 1.87. The third-order valence-corrected chi connectivity index (χ3v) is 11.7. The Morgan fingerprint density at radius 2 is 1.10 bits per heavy atom. The Bertz CT molecular complexity index is 2740. The number of anilines is 3. The van der Waals surface area contributed by atoms with Gasteiger partial charge in [-0.3, -0.25) is 0 Å². The smallest absolute Gasteiger partial charge is 0.0549 e. The molecule has 1 nitrogen and oxygen atoms in total. The minimum atomic E-state index is -0.138. The molecule has 10 rings (SSSR count). The number of hydrogen-bond donors (Lipinski definition) is 0. The van der Waals surface area contributed by atoms with Crippen molar-refractivity contribution in [3.63, 3.8) is 0 Å². The summed E-state index contributed by atoms with van der Waals surface area (Å²) in [5.74, 6) is 0. The van der Waals surface area contributed by atoms with Crippen molar-refractivity contribution >= 4 is 70.1 Å². The van der Waals surface area contributed by atoms with E-state index in [1.165, 1.54) is 80.8 Å². The Kier molecular flexibility index (Phi) is 6.16. The SMILES string of the molecule is CC1(C)c2ccccc2-c2c(N(c3ccc(-c4cccc5ccccc45)cc3)c3ccc4c(c3)sc3ccccc34)cc3ccccc3c21. The first-order chi connectivity index (χ1) is 24.1. The van der Waals surface area contributed by atoms with E-state index in [9.17, 15) is 0 Å². The van der Waals surface area contributed by atoms with Crippen molar-refractivity contribution < 1.29 is 0 Å². The molecule has 9 aromatic rings. The zero-order chi connectivity index (χ0) is 32.7. The van der Waals surface area contributed by atoms with E-state index in [-0.39, 0.29) is 5.41 Å². The minimum Gasteiger partial charge on any atom is -0.310 e. The quantitative estimate of drug-likeness (QED) is 0.184. The zero-order valence-corrected chi connectivity index (χ0v) is 28.3. The van der Waals surface area contributed by atoms with Crippen molar-refractivity contribution in [2.75, 3.05) is 4.90 Å². The highest BCUT2D eigenvalue weighted by Gasteiger charge is 2.39. The van der Waals surface area contributed by atoms with Crippen molar-refractivity contribution in [2.24, 2.45) is 0 Å². The number of benzene rings is 8. The maximum atomic E-state index is 2.50. The molecule has 0 saturated carbocycles. The molecule has 0 radical (unpaired) electrons. The van der Waals surface area contributed by atoms with Crippen LogP contribution in [0.25, 0.3) is 64.0 Å². The molecule has 1 aromatic heterocycles. The Morgan fingerprint density at radius 3 is 1.96 bits per heavy atom. The molecule has 1 heterocycles. The average molecular weight is 644 g/mol. The predicted molar refractivity (Wildman–Crippen MR) is 212 cm³/mol. The second-order valence-corrected chi connectivity index (χ2v) is 14.8. The second kappa shape index (κ2) is 10.7. The summed E-state index contributed by atoms with van der Waals surface area (Å²) in [6.45, 7) is 4.78. The van der Waals surface area contributed by atoms with Gasteiger partial charge in [0, 0.05) is 42.5 Å². The topological polar surface area (TPSA) is 3.24 Å². The van der Waals surface area contributed by atoms with Crippen LogP contribution in [0.3, 0.4) is 0 Å². The van der Waals surface area contributed by atoms with Crippen LogP contribution < -0.4 is 4.90 Å². The summed E-state index contributed by atoms with van der Waals surface area (Å²) < 4.78 is 2.62. The van der Waals surface area contributed by atoms with Gasteiger partial charge in [0.05, 0.1) is 5.69 Å². The van der Waals surface area contributed by atoms with Crippen LogP contribution in [0.5, 0.6) is 0 Å². The van der Waals surface area contributed by atoms with Gasteiger partial charge in [-0.1, -0.05) is 141 Å². The maximum Gasteiger partial charge on any atom is 0.0549 e. The molecular weight excluding hydrogens is 611 g/mol. The van der Waals surface area contributed by atoms with E-state index in [4.69, 9.17) is 0 Å². The maximum absolute atomic E-state index is 2.50. The molecule has 0 spiro atoms. The van der Waals surface area contributed by atoms with Gasteiger partial charge in [-0.25, -0.2) is 0 Å². The molecule has 0 aliphatic heterocycles. The first-order valence-corrected chi connectivity index (χ1v) is 17.8. The molecule has 0 saturated heterocycles. The summed E-state index contributed by atoms with van der Waals surface area (Å²) in [7, 11) is 0. The lowest BCUT2D eigenvalue weighted by atomic mass is 9.80. The molecular formula is C47H33NS. The minimum absolute atomic E-state index is 0.138. The van der Waals surface area contributed by atoms with Gasteiger partial charge in [0.2, 0.25) is 0 Å². The van der Waals surface area contributed by atoms with Crippen LogP contribution in [-0.4, -0.2) is 0 Å². The van der Waals surface area contributed by atoms with E-state index in [1.807, 2.05) is 11.3 Å². The fourth-order valence-electron chi connectivity index (χ4n) is 8.36. The molecule has 2 heteroatoms. The standard InChI is InChI=1S/C47H33NS/c1-47(2)41-20-9-7-18-40(41)45-42(28-32-13-4-6-16-37(32)46(45)47)48(34-26-27-39-38-17-8-10-21-43(38)49-44(39)29-34)33-24-22-31(23-25-33)36-19-11-14-30-12-3-5-15-35(30)36/h3-29H,1-2H3. The fourth-order valence-corrected chi connectivity index (χ4v) is 9.50. The van der Waals surface area contributed by atoms with E-state index in [0.717, 1.165) is 11.4 Å². The third-order valence-electron chi connectivity index (χ3n) is 10.6. The normalized spacial score (nSPS) is 13.3. The molecule has 232 valence electrons. The van der Waals surface area contributed by atoms with E-state index in [2.05, 4.69) is 183 Å². The molecule has 0 amide bonds. The summed E-state index contributed by atoms with van der Waals surface area (Å²) in [4.78, 5) is 2.50. The van der Waals surface area contributed by atoms with E-state index >= 15 is 0 Å². The monoisotopic (exact) mass is 643 g/mol. The molecule has 1 aliphatic carbocycles. The van der Waals surface area contributed by atoms with E-state index < -0.39 is 0 Å². The Balaban J connectivity index is 1.25. The lowest BCUT2D eigenvalue weighted by molar-refractivity contribution is 0.666. The average Bonchev–Trinajstić information content (AvgIpc) is 3.64. The summed E-state index contributed by atoms with van der Waals surface area (Å²) in [5.41, 5.74) is 11.3. The second-order valence-electron chi connectivity index (χ2n) is 13.7. The van der Waals surface area contributed by atoms with Crippen LogP contribution in [0.15, 0.2) is 164 Å². The van der Waals surface area contributed by atoms with Gasteiger partial charge in [-0.05, 0) is 85.8 Å². The van der Waals surface area contributed by atoms with Gasteiger partial charge in [0.1, 0.15) is 0 Å². The lowest BCUT2D eigenvalue weighted by Gasteiger charge is -2.30. The zero-order valence-electron chi connectivity index (χ0n) is 27.4. The summed E-state index contributed by atoms with van der Waals surface area (Å²) in [6, 6.07) is 60.6. The summed E-state index contributed by atoms with van der Waals surface area (Å²) in [6.07, 6.45) is 0. The van der Waals surface area contributed by atoms with Crippen LogP contribution in [0.1, 0.15) is 25.0 Å². The molecule has 0 unspecified atom stereocenters. The first-order valence-electron chi connectivity index (χ1n) is 17.0. The number of nitrogens with zero attached hydrogens (tertiary/aromatic N) is 1. The van der Waals surface area contributed by atoms with Crippen molar-refractivity contribution in [3.8, 4) is 22.3 Å². The van der Waals surface area contributed by atoms with Crippen molar-refractivity contribution in [2.45, 2.75) is 19.3 Å². The number of hydrogen-bond acceptors (Lipinski definition) is 2. The molecule has 8 aromatic carbocycles. The highest BCUT2D eigenvalue weighted by Crippen LogP contribution is 2.57. The molecule has 49 heavy (non-hydrogen) atoms. The fraction of sp³-hybridized carbons (Fsp3) is 0.0638. The highest BCUT2D eigenvalue weighted by atomic mass is 32.1. The molecule has 0 bridgehead atoms. The first kappa shape index (κ1) is 28.3. The van der Waals surface area contributed by atoms with Gasteiger partial charge in [0.25, 0.3) is 0 Å². The van der Waals surface area contributed by atoms with Crippen LogP contribution in [0.2, 0.25) is 0 Å². The van der Waals surface area contributed by atoms with Crippen LogP contribution in [0, 0.1) is 0 Å². The van der Waals surface area contributed by atoms with Gasteiger partial charge < -0.3 is 4.90 Å². The Labute approximate surface area is 290 Å². The van der Waals surface area contributed by atoms with Gasteiger partial charge in [-0.2, -0.15) is 0 Å². The largest absolute Gasteiger partial charge is 0.310 e.